The maximum atomic E-state index is 12.2. The van der Waals surface area contributed by atoms with E-state index in [4.69, 9.17) is 0 Å². The summed E-state index contributed by atoms with van der Waals surface area (Å²) < 4.78 is 62.8. The fraction of sp³-hybridized carbons (Fsp3) is 0.857. The second-order valence-electron chi connectivity index (χ2n) is 11.5. The Labute approximate surface area is 173 Å². The molecule has 0 aromatic rings. The normalized spacial score (nSPS) is 25.3. The molecule has 170 valence electrons. The van der Waals surface area contributed by atoms with Crippen molar-refractivity contribution in [2.75, 3.05) is 0 Å². The van der Waals surface area contributed by atoms with Crippen LogP contribution < -0.4 is 0 Å². The van der Waals surface area contributed by atoms with Crippen molar-refractivity contribution >= 4 is 15.9 Å². The first-order valence-electron chi connectivity index (χ1n) is 9.79. The molecule has 0 saturated heterocycles. The largest absolute Gasteiger partial charge is 0.534 e. The lowest BCUT2D eigenvalue weighted by atomic mass is 9.65. The van der Waals surface area contributed by atoms with E-state index in [-0.39, 0.29) is 28.4 Å². The van der Waals surface area contributed by atoms with Gasteiger partial charge < -0.3 is 4.18 Å². The monoisotopic (exact) mass is 440 g/mol. The smallest absolute Gasteiger partial charge is 0.381 e. The zero-order valence-electron chi connectivity index (χ0n) is 18.8. The van der Waals surface area contributed by atoms with E-state index in [2.05, 4.69) is 31.9 Å². The van der Waals surface area contributed by atoms with Gasteiger partial charge in [-0.05, 0) is 40.6 Å². The Morgan fingerprint density at radius 2 is 1.24 bits per heavy atom. The molecular weight excluding hydrogens is 405 g/mol. The minimum atomic E-state index is -5.57. The van der Waals surface area contributed by atoms with Crippen LogP contribution in [0.5, 0.6) is 0 Å². The summed E-state index contributed by atoms with van der Waals surface area (Å²) in [6.45, 7) is 16.1. The predicted molar refractivity (Wildman–Crippen MR) is 107 cm³/mol. The summed E-state index contributed by atoms with van der Waals surface area (Å²) in [7, 11) is -5.57. The summed E-state index contributed by atoms with van der Waals surface area (Å²) in [6.07, 6.45) is 5.10. The van der Waals surface area contributed by atoms with Gasteiger partial charge in [0.1, 0.15) is 11.5 Å². The molecule has 1 saturated carbocycles. The van der Waals surface area contributed by atoms with Crippen LogP contribution in [-0.4, -0.2) is 19.7 Å². The molecule has 2 aliphatic carbocycles. The molecule has 0 N–H and O–H groups in total. The molecule has 2 rings (SSSR count). The van der Waals surface area contributed by atoms with Gasteiger partial charge in [-0.15, -0.1) is 0 Å². The van der Waals surface area contributed by atoms with Gasteiger partial charge in [-0.2, -0.15) is 21.6 Å². The van der Waals surface area contributed by atoms with Gasteiger partial charge in [0.05, 0.1) is 0 Å². The lowest BCUT2D eigenvalue weighted by Gasteiger charge is -2.39. The Balaban J connectivity index is 0.000000326. The maximum absolute atomic E-state index is 12.2. The third kappa shape index (κ3) is 8.30. The van der Waals surface area contributed by atoms with Crippen LogP contribution in [-0.2, 0) is 19.1 Å². The van der Waals surface area contributed by atoms with Crippen LogP contribution in [0, 0.1) is 21.7 Å². The Morgan fingerprint density at radius 3 is 1.59 bits per heavy atom. The summed E-state index contributed by atoms with van der Waals surface area (Å²) in [6, 6.07) is 0. The predicted octanol–water partition coefficient (Wildman–Crippen LogP) is 6.37. The van der Waals surface area contributed by atoms with Crippen LogP contribution >= 0.6 is 0 Å². The lowest BCUT2D eigenvalue weighted by Crippen LogP contribution is -2.33. The summed E-state index contributed by atoms with van der Waals surface area (Å²) in [5.74, 6) is 0.305. The van der Waals surface area contributed by atoms with Gasteiger partial charge in [0.25, 0.3) is 0 Å². The highest BCUT2D eigenvalue weighted by molar-refractivity contribution is 7.87. The maximum Gasteiger partial charge on any atom is 0.534 e. The first-order valence-corrected chi connectivity index (χ1v) is 11.2. The second-order valence-corrected chi connectivity index (χ2v) is 13.0. The van der Waals surface area contributed by atoms with Crippen LogP contribution in [0.1, 0.15) is 87.5 Å². The van der Waals surface area contributed by atoms with Gasteiger partial charge in [-0.1, -0.05) is 55.4 Å². The summed E-state index contributed by atoms with van der Waals surface area (Å²) in [5.41, 5.74) is -5.61. The van der Waals surface area contributed by atoms with Crippen molar-refractivity contribution in [2.24, 2.45) is 21.7 Å². The Kier molecular flexibility index (Phi) is 7.07. The molecule has 0 radical (unpaired) electrons. The topological polar surface area (TPSA) is 60.4 Å². The van der Waals surface area contributed by atoms with Crippen LogP contribution in [0.25, 0.3) is 0 Å². The van der Waals surface area contributed by atoms with Crippen molar-refractivity contribution in [2.45, 2.75) is 93.0 Å². The van der Waals surface area contributed by atoms with Crippen molar-refractivity contribution in [3.63, 3.8) is 0 Å². The van der Waals surface area contributed by atoms with E-state index >= 15 is 0 Å². The van der Waals surface area contributed by atoms with Gasteiger partial charge in [-0.3, -0.25) is 4.79 Å². The average Bonchev–Trinajstić information content (AvgIpc) is 2.27. The number of ketones is 1. The molecule has 0 heterocycles. The van der Waals surface area contributed by atoms with Crippen molar-refractivity contribution in [1.29, 1.82) is 0 Å². The molecule has 0 atom stereocenters. The molecule has 0 aromatic carbocycles. The number of allylic oxidation sites excluding steroid dienone is 2. The minimum Gasteiger partial charge on any atom is -0.381 e. The summed E-state index contributed by atoms with van der Waals surface area (Å²) in [5, 5.41) is 0. The van der Waals surface area contributed by atoms with E-state index in [1.807, 2.05) is 27.7 Å². The zero-order valence-corrected chi connectivity index (χ0v) is 19.6. The molecule has 1 fully saturated rings. The number of carbonyl (C=O) groups is 1. The minimum absolute atomic E-state index is 0.131. The summed E-state index contributed by atoms with van der Waals surface area (Å²) >= 11 is 0. The first kappa shape index (κ1) is 26.0. The van der Waals surface area contributed by atoms with Crippen LogP contribution in [0.3, 0.4) is 0 Å². The van der Waals surface area contributed by atoms with E-state index in [1.165, 1.54) is 12.5 Å². The Hall–Kier alpha value is -1.05. The molecule has 8 heteroatoms. The van der Waals surface area contributed by atoms with Crippen molar-refractivity contribution in [1.82, 2.24) is 0 Å². The first-order chi connectivity index (χ1) is 12.6. The Bertz CT molecular complexity index is 739. The molecule has 29 heavy (non-hydrogen) atoms. The van der Waals surface area contributed by atoms with Gasteiger partial charge in [0, 0.05) is 19.3 Å². The van der Waals surface area contributed by atoms with Crippen molar-refractivity contribution in [3.05, 3.63) is 11.8 Å². The standard InChI is InChI=1S/C11H17F3O3S.C10H18O/c1-9(2)5-8(6-10(3,4)7-9)17-18(15,16)11(12,13)14;1-9(2)5-8(11)6-10(3,4)7-9/h5H,6-7H2,1-4H3;5-7H2,1-4H3. The third-order valence-corrected chi connectivity index (χ3v) is 5.95. The number of rotatable bonds is 2. The highest BCUT2D eigenvalue weighted by Crippen LogP contribution is 2.46. The highest BCUT2D eigenvalue weighted by atomic mass is 32.2. The molecule has 0 spiro atoms. The molecule has 0 amide bonds. The fourth-order valence-corrected chi connectivity index (χ4v) is 5.58. The average molecular weight is 441 g/mol. The molecule has 0 unspecified atom stereocenters. The van der Waals surface area contributed by atoms with Crippen molar-refractivity contribution < 1.29 is 30.6 Å². The molecule has 4 nitrogen and oxygen atoms in total. The molecule has 2 aliphatic rings. The van der Waals surface area contributed by atoms with E-state index in [1.54, 1.807) is 0 Å². The van der Waals surface area contributed by atoms with Gasteiger partial charge in [0.15, 0.2) is 0 Å². The Morgan fingerprint density at radius 1 is 0.828 bits per heavy atom. The van der Waals surface area contributed by atoms with E-state index in [0.29, 0.717) is 5.78 Å². The van der Waals surface area contributed by atoms with Crippen molar-refractivity contribution in [3.8, 4) is 0 Å². The quantitative estimate of drug-likeness (QED) is 0.369. The summed E-state index contributed by atoms with van der Waals surface area (Å²) in [4.78, 5) is 11.3. The molecule has 0 bridgehead atoms. The van der Waals surface area contributed by atoms with Crippen LogP contribution in [0.2, 0.25) is 0 Å². The zero-order chi connectivity index (χ0) is 23.1. The molecule has 0 aliphatic heterocycles. The number of halogens is 3. The molecular formula is C21H35F3O4S. The van der Waals surface area contributed by atoms with E-state index in [9.17, 15) is 26.4 Å². The number of Topliss-reactive ketones (excluding diaryl/α,β-unsaturated/α-hetero) is 1. The van der Waals surface area contributed by atoms with Gasteiger partial charge in [-0.25, -0.2) is 0 Å². The van der Waals surface area contributed by atoms with E-state index in [0.717, 1.165) is 19.3 Å². The third-order valence-electron chi connectivity index (χ3n) is 4.95. The number of carbonyl (C=O) groups excluding carboxylic acids is 1. The lowest BCUT2D eigenvalue weighted by molar-refractivity contribution is -0.127. The number of alkyl halides is 3. The SMILES string of the molecule is CC1(C)C=C(OS(=O)(=O)C(F)(F)F)CC(C)(C)C1.CC1(C)CC(=O)CC(C)(C)C1. The molecule has 0 aromatic heterocycles. The van der Waals surface area contributed by atoms with Crippen LogP contribution in [0.4, 0.5) is 13.2 Å². The van der Waals surface area contributed by atoms with Gasteiger partial charge >= 0.3 is 15.6 Å². The number of hydrogen-bond acceptors (Lipinski definition) is 4. The fourth-order valence-electron chi connectivity index (χ4n) is 5.10. The van der Waals surface area contributed by atoms with Gasteiger partial charge in [0.2, 0.25) is 0 Å². The highest BCUT2D eigenvalue weighted by Gasteiger charge is 2.49. The van der Waals surface area contributed by atoms with Crippen LogP contribution in [0.15, 0.2) is 11.8 Å². The second kappa shape index (κ2) is 7.89. The number of hydrogen-bond donors (Lipinski definition) is 0. The van der Waals surface area contributed by atoms with E-state index < -0.39 is 21.0 Å².